The van der Waals surface area contributed by atoms with Gasteiger partial charge in [0.2, 0.25) is 0 Å². The van der Waals surface area contributed by atoms with Gasteiger partial charge >= 0.3 is 6.09 Å². The molecule has 0 aliphatic carbocycles. The minimum Gasteiger partial charge on any atom is -0.453 e. The van der Waals surface area contributed by atoms with E-state index in [1.807, 2.05) is 23.7 Å². The summed E-state index contributed by atoms with van der Waals surface area (Å²) < 4.78 is 35.9. The number of methoxy groups -OCH3 is 1. The van der Waals surface area contributed by atoms with Gasteiger partial charge < -0.3 is 19.1 Å². The van der Waals surface area contributed by atoms with E-state index < -0.39 is 22.2 Å². The van der Waals surface area contributed by atoms with Gasteiger partial charge in [-0.2, -0.15) is 9.57 Å². The molecule has 3 heterocycles. The predicted octanol–water partition coefficient (Wildman–Crippen LogP) is 2.40. The number of rotatable bonds is 9. The van der Waals surface area contributed by atoms with Gasteiger partial charge in [0.15, 0.2) is 5.03 Å². The third kappa shape index (κ3) is 5.79. The molecule has 0 bridgehead atoms. The van der Waals surface area contributed by atoms with Gasteiger partial charge in [-0.1, -0.05) is 6.07 Å². The molecule has 4 rings (SSSR count). The molecule has 0 N–H and O–H groups in total. The van der Waals surface area contributed by atoms with Gasteiger partial charge in [-0.25, -0.2) is 23.2 Å². The van der Waals surface area contributed by atoms with Gasteiger partial charge in [0.25, 0.3) is 10.0 Å². The maximum atomic E-state index is 13.9. The zero-order valence-corrected chi connectivity index (χ0v) is 22.5. The Hall–Kier alpha value is -3.95. The number of amides is 1. The lowest BCUT2D eigenvalue weighted by Crippen LogP contribution is -2.51. The van der Waals surface area contributed by atoms with Crippen molar-refractivity contribution in [2.45, 2.75) is 30.5 Å². The highest BCUT2D eigenvalue weighted by Crippen LogP contribution is 2.33. The average Bonchev–Trinajstić information content (AvgIpc) is 3.34. The molecule has 1 unspecified atom stereocenters. The van der Waals surface area contributed by atoms with Crippen molar-refractivity contribution < 1.29 is 17.9 Å². The summed E-state index contributed by atoms with van der Waals surface area (Å²) in [6.07, 6.45) is 5.33. The standard InChI is InChI=1S/C26H31N7O4S/c1-30(26(34)37-3)11-6-12-33(38(35,36)25-7-4-5-10-29-25)22-14-21-13-20(15-27)8-9-24(21)32(17-22)18-23-16-28-19-31(23)2/h4-5,7-10,13,16,19,22H,6,11-12,14,17-18H2,1-3H3. The topological polar surface area (TPSA) is 125 Å². The number of fused-ring (bicyclic) bond motifs is 1. The number of aryl methyl sites for hydroxylation is 1. The number of carbonyl (C=O) groups excluding carboxylic acids is 1. The molecular formula is C26H31N7O4S. The molecule has 1 atom stereocenters. The number of carbonyl (C=O) groups is 1. The quantitative estimate of drug-likeness (QED) is 0.408. The first-order valence-electron chi connectivity index (χ1n) is 12.2. The second-order valence-corrected chi connectivity index (χ2v) is 11.1. The van der Waals surface area contributed by atoms with Gasteiger partial charge in [0.1, 0.15) is 0 Å². The first-order valence-corrected chi connectivity index (χ1v) is 13.6. The van der Waals surface area contributed by atoms with Crippen LogP contribution in [-0.4, -0.2) is 78.1 Å². The van der Waals surface area contributed by atoms with Crippen LogP contribution in [0.25, 0.3) is 0 Å². The minimum atomic E-state index is -3.96. The van der Waals surface area contributed by atoms with Crippen molar-refractivity contribution in [3.63, 3.8) is 0 Å². The van der Waals surface area contributed by atoms with E-state index in [-0.39, 0.29) is 11.6 Å². The summed E-state index contributed by atoms with van der Waals surface area (Å²) in [5.74, 6) is 0. The second kappa shape index (κ2) is 11.6. The van der Waals surface area contributed by atoms with Crippen LogP contribution in [0.1, 0.15) is 23.2 Å². The number of hydrogen-bond acceptors (Lipinski definition) is 8. The van der Waals surface area contributed by atoms with Crippen molar-refractivity contribution in [2.75, 3.05) is 38.7 Å². The molecule has 1 aliphatic heterocycles. The third-order valence-electron chi connectivity index (χ3n) is 6.68. The van der Waals surface area contributed by atoms with Gasteiger partial charge in [-0.05, 0) is 48.7 Å². The van der Waals surface area contributed by atoms with E-state index in [0.717, 1.165) is 16.9 Å². The highest BCUT2D eigenvalue weighted by Gasteiger charge is 2.37. The number of benzene rings is 1. The molecule has 0 spiro atoms. The minimum absolute atomic E-state index is 0.0314. The number of hydrogen-bond donors (Lipinski definition) is 0. The molecule has 1 aliphatic rings. The molecule has 11 nitrogen and oxygen atoms in total. The summed E-state index contributed by atoms with van der Waals surface area (Å²) in [5, 5.41) is 9.47. The zero-order valence-electron chi connectivity index (χ0n) is 21.7. The van der Waals surface area contributed by atoms with Gasteiger partial charge in [-0.15, -0.1) is 0 Å². The fraction of sp³-hybridized carbons (Fsp3) is 0.385. The first-order chi connectivity index (χ1) is 18.2. The van der Waals surface area contributed by atoms with Crippen molar-refractivity contribution in [2.24, 2.45) is 7.05 Å². The molecule has 38 heavy (non-hydrogen) atoms. The highest BCUT2D eigenvalue weighted by molar-refractivity contribution is 7.89. The molecule has 3 aromatic rings. The van der Waals surface area contributed by atoms with E-state index in [1.54, 1.807) is 37.8 Å². The Morgan fingerprint density at radius 2 is 2.08 bits per heavy atom. The SMILES string of the molecule is COC(=O)N(C)CCCN(C1Cc2cc(C#N)ccc2N(Cc2cncn2C)C1)S(=O)(=O)c1ccccn1. The van der Waals surface area contributed by atoms with Gasteiger partial charge in [-0.3, -0.25) is 0 Å². The molecular weight excluding hydrogens is 506 g/mol. The maximum absolute atomic E-state index is 13.9. The third-order valence-corrected chi connectivity index (χ3v) is 8.55. The lowest BCUT2D eigenvalue weighted by molar-refractivity contribution is 0.132. The molecule has 2 aromatic heterocycles. The Bertz CT molecular complexity index is 1420. The number of pyridine rings is 1. The van der Waals surface area contributed by atoms with Gasteiger partial charge in [0.05, 0.1) is 37.3 Å². The van der Waals surface area contributed by atoms with Crippen LogP contribution in [0, 0.1) is 11.3 Å². The van der Waals surface area contributed by atoms with Crippen LogP contribution in [-0.2, 0) is 34.8 Å². The van der Waals surface area contributed by atoms with Crippen LogP contribution in [0.2, 0.25) is 0 Å². The fourth-order valence-electron chi connectivity index (χ4n) is 4.70. The van der Waals surface area contributed by atoms with Crippen LogP contribution < -0.4 is 4.90 Å². The number of imidazole rings is 1. The molecule has 12 heteroatoms. The Kier molecular flexibility index (Phi) is 8.29. The highest BCUT2D eigenvalue weighted by atomic mass is 32.2. The Labute approximate surface area is 222 Å². The number of anilines is 1. The summed E-state index contributed by atoms with van der Waals surface area (Å²) in [6, 6.07) is 12.1. The van der Waals surface area contributed by atoms with Crippen molar-refractivity contribution in [1.29, 1.82) is 5.26 Å². The van der Waals surface area contributed by atoms with Crippen molar-refractivity contribution in [1.82, 2.24) is 23.7 Å². The van der Waals surface area contributed by atoms with E-state index in [0.29, 0.717) is 38.0 Å². The van der Waals surface area contributed by atoms with Crippen molar-refractivity contribution in [3.05, 3.63) is 71.9 Å². The normalized spacial score (nSPS) is 15.1. The maximum Gasteiger partial charge on any atom is 0.409 e. The summed E-state index contributed by atoms with van der Waals surface area (Å²) in [7, 11) is 0.876. The first kappa shape index (κ1) is 27.1. The van der Waals surface area contributed by atoms with Crippen LogP contribution in [0.5, 0.6) is 0 Å². The van der Waals surface area contributed by atoms with E-state index in [4.69, 9.17) is 4.74 Å². The van der Waals surface area contributed by atoms with E-state index in [1.165, 1.54) is 28.6 Å². The summed E-state index contributed by atoms with van der Waals surface area (Å²) >= 11 is 0. The van der Waals surface area contributed by atoms with Crippen LogP contribution >= 0.6 is 0 Å². The molecule has 0 saturated carbocycles. The molecule has 0 saturated heterocycles. The number of nitriles is 1. The smallest absolute Gasteiger partial charge is 0.409 e. The second-order valence-electron chi connectivity index (χ2n) is 9.22. The van der Waals surface area contributed by atoms with Crippen molar-refractivity contribution >= 4 is 21.8 Å². The lowest BCUT2D eigenvalue weighted by atomic mass is 9.95. The summed E-state index contributed by atoms with van der Waals surface area (Å²) in [4.78, 5) is 23.7. The average molecular weight is 538 g/mol. The number of sulfonamides is 1. The van der Waals surface area contributed by atoms with Gasteiger partial charge in [0, 0.05) is 57.9 Å². The van der Waals surface area contributed by atoms with E-state index >= 15 is 0 Å². The van der Waals surface area contributed by atoms with E-state index in [2.05, 4.69) is 20.9 Å². The Balaban J connectivity index is 1.69. The summed E-state index contributed by atoms with van der Waals surface area (Å²) in [6.45, 7) is 1.46. The molecule has 1 aromatic carbocycles. The number of aromatic nitrogens is 3. The van der Waals surface area contributed by atoms with Crippen LogP contribution in [0.4, 0.5) is 10.5 Å². The number of ether oxygens (including phenoxy) is 1. The predicted molar refractivity (Wildman–Crippen MR) is 141 cm³/mol. The van der Waals surface area contributed by atoms with Crippen molar-refractivity contribution in [3.8, 4) is 6.07 Å². The fourth-order valence-corrected chi connectivity index (χ4v) is 6.29. The summed E-state index contributed by atoms with van der Waals surface area (Å²) in [5.41, 5.74) is 3.35. The Morgan fingerprint density at radius 3 is 2.74 bits per heavy atom. The Morgan fingerprint density at radius 1 is 1.26 bits per heavy atom. The van der Waals surface area contributed by atoms with E-state index in [9.17, 15) is 18.5 Å². The molecule has 1 amide bonds. The largest absolute Gasteiger partial charge is 0.453 e. The monoisotopic (exact) mass is 537 g/mol. The van der Waals surface area contributed by atoms with Crippen LogP contribution in [0.15, 0.2) is 60.1 Å². The zero-order chi connectivity index (χ0) is 27.3. The molecule has 0 radical (unpaired) electrons. The molecule has 200 valence electrons. The lowest BCUT2D eigenvalue weighted by Gasteiger charge is -2.40. The number of nitrogens with zero attached hydrogens (tertiary/aromatic N) is 7. The van der Waals surface area contributed by atoms with Crippen LogP contribution in [0.3, 0.4) is 0 Å². The molecule has 0 fully saturated rings.